The average Bonchev–Trinajstić information content (AvgIpc) is 3.57. The van der Waals surface area contributed by atoms with Gasteiger partial charge in [0.2, 0.25) is 0 Å². The van der Waals surface area contributed by atoms with E-state index in [1.54, 1.807) is 0 Å². The highest BCUT2D eigenvalue weighted by Gasteiger charge is 2.23. The van der Waals surface area contributed by atoms with Crippen molar-refractivity contribution in [2.45, 2.75) is 0 Å². The standard InChI is InChI=1S/C50H34N2/c1-3-15-35(16-4-1)36-29-32-39(33-30-36)52(49-28-14-27-48-50(49)45-22-10-12-26-47(45)51(48)38-18-5-2-6-19-38)46-25-11-9-21-44(46)42-24-13-23-41-40-20-8-7-17-37(40)31-34-43(41)42/h1-34H. The molecule has 2 heteroatoms. The van der Waals surface area contributed by atoms with E-state index in [-0.39, 0.29) is 0 Å². The molecular formula is C50H34N2. The smallest absolute Gasteiger partial charge is 0.0562 e. The van der Waals surface area contributed by atoms with E-state index in [2.05, 4.69) is 216 Å². The van der Waals surface area contributed by atoms with Crippen LogP contribution in [0.4, 0.5) is 17.1 Å². The second kappa shape index (κ2) is 12.5. The molecule has 10 aromatic rings. The van der Waals surface area contributed by atoms with E-state index in [1.165, 1.54) is 65.6 Å². The van der Waals surface area contributed by atoms with Crippen molar-refractivity contribution in [2.24, 2.45) is 0 Å². The van der Waals surface area contributed by atoms with Crippen LogP contribution >= 0.6 is 0 Å². The molecule has 0 radical (unpaired) electrons. The number of anilines is 3. The first-order valence-corrected chi connectivity index (χ1v) is 17.9. The lowest BCUT2D eigenvalue weighted by molar-refractivity contribution is 1.18. The second-order valence-corrected chi connectivity index (χ2v) is 13.3. The highest BCUT2D eigenvalue weighted by Crippen LogP contribution is 2.47. The van der Waals surface area contributed by atoms with Gasteiger partial charge in [-0.15, -0.1) is 0 Å². The Morgan fingerprint density at radius 2 is 0.923 bits per heavy atom. The highest BCUT2D eigenvalue weighted by atomic mass is 15.1. The normalized spacial score (nSPS) is 11.5. The maximum absolute atomic E-state index is 2.47. The molecule has 244 valence electrons. The molecule has 1 heterocycles. The number of para-hydroxylation sites is 3. The zero-order chi connectivity index (χ0) is 34.4. The molecule has 1 aromatic heterocycles. The predicted molar refractivity (Wildman–Crippen MR) is 221 cm³/mol. The van der Waals surface area contributed by atoms with Crippen LogP contribution < -0.4 is 4.90 Å². The van der Waals surface area contributed by atoms with E-state index in [1.807, 2.05) is 0 Å². The van der Waals surface area contributed by atoms with E-state index < -0.39 is 0 Å². The summed E-state index contributed by atoms with van der Waals surface area (Å²) in [6.07, 6.45) is 0. The fraction of sp³-hybridized carbons (Fsp3) is 0. The van der Waals surface area contributed by atoms with Crippen molar-refractivity contribution in [3.05, 3.63) is 206 Å². The maximum atomic E-state index is 2.47. The molecule has 0 atom stereocenters. The average molecular weight is 663 g/mol. The van der Waals surface area contributed by atoms with Crippen LogP contribution in [0.15, 0.2) is 206 Å². The van der Waals surface area contributed by atoms with E-state index >= 15 is 0 Å². The lowest BCUT2D eigenvalue weighted by Gasteiger charge is -2.29. The zero-order valence-electron chi connectivity index (χ0n) is 28.5. The van der Waals surface area contributed by atoms with Crippen molar-refractivity contribution in [3.63, 3.8) is 0 Å². The van der Waals surface area contributed by atoms with Gasteiger partial charge in [-0.05, 0) is 86.8 Å². The molecule has 52 heavy (non-hydrogen) atoms. The van der Waals surface area contributed by atoms with Gasteiger partial charge < -0.3 is 9.47 Å². The summed E-state index contributed by atoms with van der Waals surface area (Å²) in [7, 11) is 0. The second-order valence-electron chi connectivity index (χ2n) is 13.3. The fourth-order valence-electron chi connectivity index (χ4n) is 8.06. The number of aromatic nitrogens is 1. The van der Waals surface area contributed by atoms with Gasteiger partial charge in [0.25, 0.3) is 0 Å². The summed E-state index contributed by atoms with van der Waals surface area (Å²) in [5.41, 5.74) is 11.6. The molecule has 0 saturated carbocycles. The van der Waals surface area contributed by atoms with Gasteiger partial charge >= 0.3 is 0 Å². The Kier molecular flexibility index (Phi) is 7.18. The Morgan fingerprint density at radius 3 is 1.77 bits per heavy atom. The van der Waals surface area contributed by atoms with Gasteiger partial charge in [0.1, 0.15) is 0 Å². The van der Waals surface area contributed by atoms with E-state index in [0.717, 1.165) is 22.7 Å². The molecule has 0 bridgehead atoms. The monoisotopic (exact) mass is 662 g/mol. The zero-order valence-corrected chi connectivity index (χ0v) is 28.5. The molecule has 2 nitrogen and oxygen atoms in total. The highest BCUT2D eigenvalue weighted by molar-refractivity contribution is 6.18. The molecule has 0 aliphatic carbocycles. The Hall–Kier alpha value is -6.90. The molecule has 10 rings (SSSR count). The van der Waals surface area contributed by atoms with Gasteiger partial charge in [-0.3, -0.25) is 0 Å². The van der Waals surface area contributed by atoms with Crippen LogP contribution in [-0.4, -0.2) is 4.57 Å². The summed E-state index contributed by atoms with van der Waals surface area (Å²) in [6, 6.07) is 74.7. The number of nitrogens with zero attached hydrogens (tertiary/aromatic N) is 2. The van der Waals surface area contributed by atoms with Gasteiger partial charge in [-0.1, -0.05) is 158 Å². The van der Waals surface area contributed by atoms with E-state index in [0.29, 0.717) is 0 Å². The van der Waals surface area contributed by atoms with Gasteiger partial charge in [-0.2, -0.15) is 0 Å². The van der Waals surface area contributed by atoms with Crippen molar-refractivity contribution >= 4 is 60.4 Å². The Balaban J connectivity index is 1.26. The first-order valence-electron chi connectivity index (χ1n) is 17.9. The van der Waals surface area contributed by atoms with E-state index in [4.69, 9.17) is 0 Å². The molecule has 0 aliphatic heterocycles. The Morgan fingerprint density at radius 1 is 0.327 bits per heavy atom. The van der Waals surface area contributed by atoms with Crippen molar-refractivity contribution in [1.82, 2.24) is 4.57 Å². The van der Waals surface area contributed by atoms with Crippen LogP contribution in [0.1, 0.15) is 0 Å². The van der Waals surface area contributed by atoms with Gasteiger partial charge in [-0.25, -0.2) is 0 Å². The first kappa shape index (κ1) is 30.0. The van der Waals surface area contributed by atoms with Crippen molar-refractivity contribution in [3.8, 4) is 27.9 Å². The minimum absolute atomic E-state index is 1.10. The van der Waals surface area contributed by atoms with Crippen LogP contribution in [0.5, 0.6) is 0 Å². The minimum Gasteiger partial charge on any atom is -0.309 e. The minimum atomic E-state index is 1.10. The molecule has 0 aliphatic rings. The third-order valence-electron chi connectivity index (χ3n) is 10.4. The molecule has 0 fully saturated rings. The largest absolute Gasteiger partial charge is 0.309 e. The topological polar surface area (TPSA) is 8.17 Å². The molecule has 0 unspecified atom stereocenters. The van der Waals surface area contributed by atoms with Crippen molar-refractivity contribution in [2.75, 3.05) is 4.90 Å². The fourth-order valence-corrected chi connectivity index (χ4v) is 8.06. The number of fused-ring (bicyclic) bond motifs is 6. The Bertz CT molecular complexity index is 2890. The Labute approximate surface area is 303 Å². The lowest BCUT2D eigenvalue weighted by atomic mass is 9.93. The third-order valence-corrected chi connectivity index (χ3v) is 10.4. The van der Waals surface area contributed by atoms with Crippen LogP contribution in [0, 0.1) is 0 Å². The molecular weight excluding hydrogens is 629 g/mol. The molecule has 0 saturated heterocycles. The van der Waals surface area contributed by atoms with Crippen molar-refractivity contribution in [1.29, 1.82) is 0 Å². The number of rotatable bonds is 6. The van der Waals surface area contributed by atoms with Crippen LogP contribution in [0.25, 0.3) is 71.3 Å². The maximum Gasteiger partial charge on any atom is 0.0562 e. The number of hydrogen-bond donors (Lipinski definition) is 0. The van der Waals surface area contributed by atoms with E-state index in [9.17, 15) is 0 Å². The van der Waals surface area contributed by atoms with Crippen LogP contribution in [0.3, 0.4) is 0 Å². The molecule has 0 spiro atoms. The molecule has 0 N–H and O–H groups in total. The summed E-state index contributed by atoms with van der Waals surface area (Å²) in [5, 5.41) is 7.46. The first-order chi connectivity index (χ1) is 25.8. The summed E-state index contributed by atoms with van der Waals surface area (Å²) >= 11 is 0. The number of hydrogen-bond acceptors (Lipinski definition) is 1. The number of benzene rings is 9. The van der Waals surface area contributed by atoms with Gasteiger partial charge in [0, 0.05) is 27.7 Å². The van der Waals surface area contributed by atoms with Gasteiger partial charge in [0.05, 0.1) is 22.4 Å². The molecule has 0 amide bonds. The molecule has 9 aromatic carbocycles. The predicted octanol–water partition coefficient (Wildman–Crippen LogP) is 13.9. The lowest BCUT2D eigenvalue weighted by Crippen LogP contribution is -2.11. The SMILES string of the molecule is c1ccc(-c2ccc(N(c3ccccc3-c3cccc4c3ccc3ccccc34)c3cccc4c3c3ccccc3n4-c3ccccc3)cc2)cc1. The van der Waals surface area contributed by atoms with Crippen LogP contribution in [-0.2, 0) is 0 Å². The summed E-state index contributed by atoms with van der Waals surface area (Å²) in [5.74, 6) is 0. The quantitative estimate of drug-likeness (QED) is 0.161. The van der Waals surface area contributed by atoms with Gasteiger partial charge in [0.15, 0.2) is 0 Å². The van der Waals surface area contributed by atoms with Crippen LogP contribution in [0.2, 0.25) is 0 Å². The third kappa shape index (κ3) is 4.88. The summed E-state index contributed by atoms with van der Waals surface area (Å²) in [4.78, 5) is 2.47. The van der Waals surface area contributed by atoms with Crippen molar-refractivity contribution < 1.29 is 0 Å². The summed E-state index contributed by atoms with van der Waals surface area (Å²) < 4.78 is 2.40. The summed E-state index contributed by atoms with van der Waals surface area (Å²) in [6.45, 7) is 0.